The molecule has 1 amide bonds. The SMILES string of the molecule is CCC1N2CC[C@@]13c1ccccc1N1C(=O)CC4OCC=C(C2)[C@@H]4C13. The molecule has 1 aromatic carbocycles. The first-order valence-corrected chi connectivity index (χ1v) is 9.72. The van der Waals surface area contributed by atoms with Gasteiger partial charge in [-0.3, -0.25) is 9.69 Å². The maximum atomic E-state index is 13.2. The predicted molar refractivity (Wildman–Crippen MR) is 95.6 cm³/mol. The van der Waals surface area contributed by atoms with Crippen LogP contribution in [0.25, 0.3) is 0 Å². The van der Waals surface area contributed by atoms with E-state index in [9.17, 15) is 4.79 Å². The number of carbonyl (C=O) groups is 1. The Labute approximate surface area is 148 Å². The molecular formula is C21H24N2O2. The van der Waals surface area contributed by atoms with Gasteiger partial charge in [-0.15, -0.1) is 0 Å². The van der Waals surface area contributed by atoms with Gasteiger partial charge in [0.25, 0.3) is 0 Å². The molecule has 1 aromatic rings. The Kier molecular flexibility index (Phi) is 2.75. The average Bonchev–Trinajstić information content (AvgIpc) is 3.08. The third-order valence-electron chi connectivity index (χ3n) is 7.56. The van der Waals surface area contributed by atoms with Crippen molar-refractivity contribution in [2.24, 2.45) is 5.92 Å². The number of anilines is 1. The van der Waals surface area contributed by atoms with E-state index in [-0.39, 0.29) is 23.5 Å². The molecule has 5 heterocycles. The standard InChI is InChI=1S/C21H24N2O2/c1-2-17-21-8-9-22(17)12-13-7-10-25-16-11-18(24)23(20(21)19(13)16)15-6-4-3-5-14(15)21/h3-7,16-17,19-20H,2,8-12H2,1H3/t16?,17?,19-,20?,21+/m0/s1. The predicted octanol–water partition coefficient (Wildman–Crippen LogP) is 2.48. The summed E-state index contributed by atoms with van der Waals surface area (Å²) in [5.74, 6) is 0.616. The first-order valence-electron chi connectivity index (χ1n) is 9.72. The van der Waals surface area contributed by atoms with Gasteiger partial charge in [0, 0.05) is 29.6 Å². The maximum Gasteiger partial charge on any atom is 0.229 e. The van der Waals surface area contributed by atoms with Gasteiger partial charge in [0.1, 0.15) is 0 Å². The van der Waals surface area contributed by atoms with Gasteiger partial charge >= 0.3 is 0 Å². The van der Waals surface area contributed by atoms with Gasteiger partial charge in [0.2, 0.25) is 5.91 Å². The van der Waals surface area contributed by atoms with E-state index in [1.54, 1.807) is 0 Å². The highest BCUT2D eigenvalue weighted by molar-refractivity contribution is 5.99. The second-order valence-electron chi connectivity index (χ2n) is 8.29. The number of amides is 1. The second-order valence-corrected chi connectivity index (χ2v) is 8.29. The van der Waals surface area contributed by atoms with Crippen LogP contribution in [-0.2, 0) is 14.9 Å². The summed E-state index contributed by atoms with van der Waals surface area (Å²) in [4.78, 5) is 18.0. The van der Waals surface area contributed by atoms with Crippen molar-refractivity contribution in [1.29, 1.82) is 0 Å². The van der Waals surface area contributed by atoms with Crippen LogP contribution in [0.3, 0.4) is 0 Å². The fourth-order valence-corrected chi connectivity index (χ4v) is 6.86. The molecule has 0 saturated carbocycles. The number of hydrogen-bond donors (Lipinski definition) is 0. The van der Waals surface area contributed by atoms with E-state index >= 15 is 0 Å². The van der Waals surface area contributed by atoms with Crippen LogP contribution in [0.2, 0.25) is 0 Å². The molecule has 2 bridgehead atoms. The van der Waals surface area contributed by atoms with E-state index in [0.717, 1.165) is 25.9 Å². The molecule has 0 aliphatic carbocycles. The Morgan fingerprint density at radius 3 is 3.08 bits per heavy atom. The van der Waals surface area contributed by atoms with Gasteiger partial charge < -0.3 is 9.64 Å². The lowest BCUT2D eigenvalue weighted by Crippen LogP contribution is -2.62. The molecule has 5 aliphatic heterocycles. The smallest absolute Gasteiger partial charge is 0.229 e. The first kappa shape index (κ1) is 14.5. The molecule has 3 fully saturated rings. The normalized spacial score (nSPS) is 43.4. The maximum absolute atomic E-state index is 13.2. The van der Waals surface area contributed by atoms with Crippen LogP contribution in [0.4, 0.5) is 5.69 Å². The van der Waals surface area contributed by atoms with E-state index in [1.807, 2.05) is 0 Å². The largest absolute Gasteiger partial charge is 0.373 e. The van der Waals surface area contributed by atoms with E-state index in [0.29, 0.717) is 25.0 Å². The summed E-state index contributed by atoms with van der Waals surface area (Å²) in [7, 11) is 0. The minimum atomic E-state index is 0.0676. The Balaban J connectivity index is 1.67. The highest BCUT2D eigenvalue weighted by atomic mass is 16.5. The molecule has 5 aliphatic rings. The lowest BCUT2D eigenvalue weighted by molar-refractivity contribution is -0.127. The molecule has 6 atom stereocenters. The van der Waals surface area contributed by atoms with Crippen LogP contribution in [0.1, 0.15) is 31.7 Å². The Morgan fingerprint density at radius 1 is 1.32 bits per heavy atom. The Hall–Kier alpha value is -1.65. The highest BCUT2D eigenvalue weighted by Crippen LogP contribution is 2.61. The fraction of sp³-hybridized carbons (Fsp3) is 0.571. The van der Waals surface area contributed by atoms with Gasteiger partial charge in [-0.1, -0.05) is 36.8 Å². The van der Waals surface area contributed by atoms with E-state index in [1.165, 1.54) is 16.8 Å². The summed E-state index contributed by atoms with van der Waals surface area (Å²) >= 11 is 0. The molecule has 0 N–H and O–H groups in total. The van der Waals surface area contributed by atoms with E-state index < -0.39 is 0 Å². The Morgan fingerprint density at radius 2 is 2.20 bits per heavy atom. The molecule has 6 rings (SSSR count). The summed E-state index contributed by atoms with van der Waals surface area (Å²) < 4.78 is 6.10. The highest BCUT2D eigenvalue weighted by Gasteiger charge is 2.67. The first-order chi connectivity index (χ1) is 12.3. The van der Waals surface area contributed by atoms with E-state index in [2.05, 4.69) is 47.1 Å². The number of piperidine rings is 1. The molecule has 3 saturated heterocycles. The number of nitrogens with zero attached hydrogens (tertiary/aromatic N) is 2. The summed E-state index contributed by atoms with van der Waals surface area (Å²) in [6.07, 6.45) is 5.20. The number of rotatable bonds is 1. The zero-order valence-corrected chi connectivity index (χ0v) is 14.6. The molecule has 0 radical (unpaired) electrons. The number of fused-ring (bicyclic) bond motifs is 3. The fourth-order valence-electron chi connectivity index (χ4n) is 6.86. The zero-order chi connectivity index (χ0) is 16.8. The van der Waals surface area contributed by atoms with Crippen molar-refractivity contribution in [3.8, 4) is 0 Å². The van der Waals surface area contributed by atoms with Gasteiger partial charge in [-0.2, -0.15) is 0 Å². The topological polar surface area (TPSA) is 32.8 Å². The summed E-state index contributed by atoms with van der Waals surface area (Å²) in [6, 6.07) is 9.45. The van der Waals surface area contributed by atoms with Crippen molar-refractivity contribution in [1.82, 2.24) is 4.90 Å². The van der Waals surface area contributed by atoms with Gasteiger partial charge in [-0.05, 0) is 31.0 Å². The summed E-state index contributed by atoms with van der Waals surface area (Å²) in [5.41, 5.74) is 4.17. The lowest BCUT2D eigenvalue weighted by Gasteiger charge is -2.49. The molecule has 25 heavy (non-hydrogen) atoms. The molecule has 0 aromatic heterocycles. The number of hydrogen-bond acceptors (Lipinski definition) is 3. The molecule has 4 heteroatoms. The summed E-state index contributed by atoms with van der Waals surface area (Å²) in [6.45, 7) is 5.19. The number of benzene rings is 1. The van der Waals surface area contributed by atoms with Crippen LogP contribution in [0, 0.1) is 5.92 Å². The Bertz CT molecular complexity index is 803. The van der Waals surface area contributed by atoms with Gasteiger partial charge in [-0.25, -0.2) is 0 Å². The number of para-hydroxylation sites is 1. The van der Waals surface area contributed by atoms with Crippen molar-refractivity contribution in [3.05, 3.63) is 41.5 Å². The van der Waals surface area contributed by atoms with Crippen LogP contribution >= 0.6 is 0 Å². The van der Waals surface area contributed by atoms with Gasteiger partial charge in [0.15, 0.2) is 0 Å². The summed E-state index contributed by atoms with van der Waals surface area (Å²) in [5, 5.41) is 0. The number of carbonyl (C=O) groups excluding carboxylic acids is 1. The molecule has 130 valence electrons. The van der Waals surface area contributed by atoms with Crippen LogP contribution in [0.15, 0.2) is 35.9 Å². The van der Waals surface area contributed by atoms with Crippen molar-refractivity contribution in [2.75, 3.05) is 24.6 Å². The molecular weight excluding hydrogens is 312 g/mol. The third kappa shape index (κ3) is 1.55. The van der Waals surface area contributed by atoms with Crippen molar-refractivity contribution < 1.29 is 9.53 Å². The minimum absolute atomic E-state index is 0.0676. The van der Waals surface area contributed by atoms with Crippen molar-refractivity contribution in [2.45, 2.75) is 49.8 Å². The van der Waals surface area contributed by atoms with Crippen molar-refractivity contribution in [3.63, 3.8) is 0 Å². The number of ether oxygens (including phenoxy) is 1. The zero-order valence-electron chi connectivity index (χ0n) is 14.6. The monoisotopic (exact) mass is 336 g/mol. The third-order valence-corrected chi connectivity index (χ3v) is 7.56. The van der Waals surface area contributed by atoms with Crippen LogP contribution in [0.5, 0.6) is 0 Å². The minimum Gasteiger partial charge on any atom is -0.373 e. The van der Waals surface area contributed by atoms with E-state index in [4.69, 9.17) is 4.74 Å². The molecule has 1 spiro atoms. The quantitative estimate of drug-likeness (QED) is 0.739. The van der Waals surface area contributed by atoms with Crippen LogP contribution in [-0.4, -0.2) is 48.7 Å². The second kappa shape index (κ2) is 4.74. The molecule has 4 nitrogen and oxygen atoms in total. The lowest BCUT2D eigenvalue weighted by atomic mass is 9.63. The molecule has 4 unspecified atom stereocenters. The average molecular weight is 336 g/mol. The van der Waals surface area contributed by atoms with Crippen molar-refractivity contribution >= 4 is 11.6 Å². The van der Waals surface area contributed by atoms with Crippen LogP contribution < -0.4 is 4.90 Å². The van der Waals surface area contributed by atoms with Gasteiger partial charge in [0.05, 0.1) is 25.2 Å².